The molecule has 0 aliphatic carbocycles. The van der Waals surface area contributed by atoms with Gasteiger partial charge in [0, 0.05) is 12.6 Å². The number of nitrogens with zero attached hydrogens (tertiary/aromatic N) is 1. The molecular weight excluding hydrogens is 234 g/mol. The fraction of sp³-hybridized carbons (Fsp3) is 0.889. The van der Waals surface area contributed by atoms with Crippen LogP contribution in [0.25, 0.3) is 0 Å². The molecule has 7 heteroatoms. The van der Waals surface area contributed by atoms with Gasteiger partial charge in [-0.15, -0.1) is 0 Å². The monoisotopic (exact) mass is 251 g/mol. The Morgan fingerprint density at radius 3 is 2.56 bits per heavy atom. The molecule has 1 heterocycles. The van der Waals surface area contributed by atoms with Gasteiger partial charge in [-0.3, -0.25) is 4.79 Å². The molecule has 0 amide bonds. The van der Waals surface area contributed by atoms with E-state index in [4.69, 9.17) is 9.84 Å². The number of sulfonamides is 1. The summed E-state index contributed by atoms with van der Waals surface area (Å²) in [4.78, 5) is 10.7. The molecular formula is C9H17NO5S. The largest absolute Gasteiger partial charge is 0.480 e. The molecule has 3 atom stereocenters. The quantitative estimate of drug-likeness (QED) is 0.757. The highest BCUT2D eigenvalue weighted by Crippen LogP contribution is 2.19. The lowest BCUT2D eigenvalue weighted by molar-refractivity contribution is -0.136. The van der Waals surface area contributed by atoms with Gasteiger partial charge in [0.1, 0.15) is 0 Å². The third kappa shape index (κ3) is 2.53. The number of ether oxygens (including phenoxy) is 1. The van der Waals surface area contributed by atoms with Crippen LogP contribution >= 0.6 is 0 Å². The Morgan fingerprint density at radius 1 is 1.50 bits per heavy atom. The van der Waals surface area contributed by atoms with Crippen molar-refractivity contribution in [1.29, 1.82) is 0 Å². The fourth-order valence-corrected chi connectivity index (χ4v) is 3.20. The summed E-state index contributed by atoms with van der Waals surface area (Å²) in [6, 6.07) is -0.317. The smallest absolute Gasteiger partial charge is 0.323 e. The standard InChI is InChI=1S/C9H17NO5S/c1-6-5-15-7(2)4-10(6)16(13,14)8(3)9(11)12/h6-8H,4-5H2,1-3H3,(H,11,12). The first-order valence-electron chi connectivity index (χ1n) is 5.12. The molecule has 6 nitrogen and oxygen atoms in total. The van der Waals surface area contributed by atoms with E-state index in [-0.39, 0.29) is 18.7 Å². The lowest BCUT2D eigenvalue weighted by atomic mass is 10.2. The van der Waals surface area contributed by atoms with E-state index < -0.39 is 21.2 Å². The van der Waals surface area contributed by atoms with Gasteiger partial charge in [-0.1, -0.05) is 0 Å². The van der Waals surface area contributed by atoms with Crippen molar-refractivity contribution in [2.45, 2.75) is 38.2 Å². The van der Waals surface area contributed by atoms with E-state index in [9.17, 15) is 13.2 Å². The van der Waals surface area contributed by atoms with Gasteiger partial charge in [-0.05, 0) is 20.8 Å². The number of carbonyl (C=O) groups is 1. The zero-order valence-corrected chi connectivity index (χ0v) is 10.4. The van der Waals surface area contributed by atoms with Crippen LogP contribution in [0.3, 0.4) is 0 Å². The summed E-state index contributed by atoms with van der Waals surface area (Å²) in [7, 11) is -3.79. The first kappa shape index (κ1) is 13.4. The second-order valence-electron chi connectivity index (χ2n) is 4.09. The molecule has 94 valence electrons. The van der Waals surface area contributed by atoms with Crippen LogP contribution in [0.5, 0.6) is 0 Å². The van der Waals surface area contributed by atoms with Gasteiger partial charge < -0.3 is 9.84 Å². The number of hydrogen-bond donors (Lipinski definition) is 1. The van der Waals surface area contributed by atoms with Gasteiger partial charge in [-0.2, -0.15) is 4.31 Å². The third-order valence-electron chi connectivity index (χ3n) is 2.67. The van der Waals surface area contributed by atoms with Gasteiger partial charge in [-0.25, -0.2) is 8.42 Å². The highest BCUT2D eigenvalue weighted by molar-refractivity contribution is 7.90. The van der Waals surface area contributed by atoms with E-state index in [1.165, 1.54) is 11.2 Å². The van der Waals surface area contributed by atoms with Crippen molar-refractivity contribution in [3.05, 3.63) is 0 Å². The van der Waals surface area contributed by atoms with Crippen molar-refractivity contribution < 1.29 is 23.1 Å². The van der Waals surface area contributed by atoms with Crippen LogP contribution in [0.15, 0.2) is 0 Å². The molecule has 16 heavy (non-hydrogen) atoms. The Labute approximate surface area is 95.2 Å². The minimum Gasteiger partial charge on any atom is -0.480 e. The first-order chi connectivity index (χ1) is 7.26. The predicted octanol–water partition coefficient (Wildman–Crippen LogP) is -0.102. The van der Waals surface area contributed by atoms with E-state index in [0.717, 1.165) is 0 Å². The maximum atomic E-state index is 12.0. The maximum Gasteiger partial charge on any atom is 0.323 e. The van der Waals surface area contributed by atoms with Crippen LogP contribution in [0.4, 0.5) is 0 Å². The summed E-state index contributed by atoms with van der Waals surface area (Å²) in [5.74, 6) is -1.33. The second kappa shape index (κ2) is 4.68. The van der Waals surface area contributed by atoms with Crippen molar-refractivity contribution in [3.8, 4) is 0 Å². The highest BCUT2D eigenvalue weighted by atomic mass is 32.2. The Balaban J connectivity index is 2.93. The van der Waals surface area contributed by atoms with Gasteiger partial charge in [0.2, 0.25) is 10.0 Å². The summed E-state index contributed by atoms with van der Waals surface area (Å²) in [5, 5.41) is 7.35. The van der Waals surface area contributed by atoms with Gasteiger partial charge in [0.25, 0.3) is 0 Å². The fourth-order valence-electron chi connectivity index (χ4n) is 1.56. The molecule has 0 saturated carbocycles. The highest BCUT2D eigenvalue weighted by Gasteiger charge is 2.39. The lowest BCUT2D eigenvalue weighted by Crippen LogP contribution is -2.53. The third-order valence-corrected chi connectivity index (χ3v) is 4.93. The van der Waals surface area contributed by atoms with E-state index in [0.29, 0.717) is 6.61 Å². The van der Waals surface area contributed by atoms with Crippen molar-refractivity contribution >= 4 is 16.0 Å². The van der Waals surface area contributed by atoms with Crippen LogP contribution in [0.1, 0.15) is 20.8 Å². The lowest BCUT2D eigenvalue weighted by Gasteiger charge is -2.36. The van der Waals surface area contributed by atoms with Crippen LogP contribution < -0.4 is 0 Å². The van der Waals surface area contributed by atoms with Crippen molar-refractivity contribution in [3.63, 3.8) is 0 Å². The molecule has 0 radical (unpaired) electrons. The number of rotatable bonds is 3. The molecule has 1 fully saturated rings. The Morgan fingerprint density at radius 2 is 2.06 bits per heavy atom. The second-order valence-corrected chi connectivity index (χ2v) is 6.29. The number of carboxylic acids is 1. The summed E-state index contributed by atoms with van der Waals surface area (Å²) in [6.45, 7) is 5.16. The molecule has 0 bridgehead atoms. The van der Waals surface area contributed by atoms with Crippen LogP contribution in [-0.2, 0) is 19.6 Å². The average molecular weight is 251 g/mol. The number of hydrogen-bond acceptors (Lipinski definition) is 4. The van der Waals surface area contributed by atoms with Gasteiger partial charge in [0.15, 0.2) is 5.25 Å². The minimum atomic E-state index is -3.79. The minimum absolute atomic E-state index is 0.202. The molecule has 3 unspecified atom stereocenters. The summed E-state index contributed by atoms with van der Waals surface area (Å²) in [5.41, 5.74) is 0. The molecule has 0 aromatic carbocycles. The molecule has 0 aromatic heterocycles. The zero-order valence-electron chi connectivity index (χ0n) is 9.58. The Bertz CT molecular complexity index is 366. The molecule has 1 aliphatic heterocycles. The average Bonchev–Trinajstić information content (AvgIpc) is 2.20. The van der Waals surface area contributed by atoms with Crippen molar-refractivity contribution in [2.24, 2.45) is 0 Å². The van der Waals surface area contributed by atoms with E-state index in [1.807, 2.05) is 0 Å². The van der Waals surface area contributed by atoms with Crippen LogP contribution in [0.2, 0.25) is 0 Å². The van der Waals surface area contributed by atoms with Crippen molar-refractivity contribution in [2.75, 3.05) is 13.2 Å². The molecule has 1 rings (SSSR count). The van der Waals surface area contributed by atoms with Crippen molar-refractivity contribution in [1.82, 2.24) is 4.31 Å². The molecule has 1 aliphatic rings. The SMILES string of the molecule is CC1CN(S(=O)(=O)C(C)C(=O)O)C(C)CO1. The molecule has 0 aromatic rings. The Kier molecular flexibility index (Phi) is 3.92. The molecule has 0 spiro atoms. The summed E-state index contributed by atoms with van der Waals surface area (Å²) in [6.07, 6.45) is -0.202. The summed E-state index contributed by atoms with van der Waals surface area (Å²) < 4.78 is 30.5. The van der Waals surface area contributed by atoms with Gasteiger partial charge in [0.05, 0.1) is 12.7 Å². The number of morpholine rings is 1. The van der Waals surface area contributed by atoms with E-state index in [2.05, 4.69) is 0 Å². The zero-order chi connectivity index (χ0) is 12.5. The maximum absolute atomic E-state index is 12.0. The predicted molar refractivity (Wildman–Crippen MR) is 57.6 cm³/mol. The first-order valence-corrected chi connectivity index (χ1v) is 6.62. The van der Waals surface area contributed by atoms with Gasteiger partial charge >= 0.3 is 5.97 Å². The normalized spacial score (nSPS) is 29.9. The number of aliphatic carboxylic acids is 1. The number of carboxylic acid groups (broad SMARTS) is 1. The topological polar surface area (TPSA) is 83.9 Å². The van der Waals surface area contributed by atoms with E-state index >= 15 is 0 Å². The molecule has 1 N–H and O–H groups in total. The van der Waals surface area contributed by atoms with Crippen LogP contribution in [-0.4, -0.2) is 54.3 Å². The van der Waals surface area contributed by atoms with E-state index in [1.54, 1.807) is 13.8 Å². The molecule has 1 saturated heterocycles. The Hall–Kier alpha value is -0.660. The summed E-state index contributed by atoms with van der Waals surface area (Å²) >= 11 is 0. The van der Waals surface area contributed by atoms with Crippen LogP contribution in [0, 0.1) is 0 Å².